The number of ether oxygens (including phenoxy) is 2. The number of unbranched alkanes of at least 4 members (excludes halogenated alkanes) is 12. The van der Waals surface area contributed by atoms with E-state index in [2.05, 4.69) is 6.92 Å². The average molecular weight is 673 g/mol. The van der Waals surface area contributed by atoms with E-state index >= 15 is 0 Å². The van der Waals surface area contributed by atoms with Crippen LogP contribution in [0.25, 0.3) is 0 Å². The highest BCUT2D eigenvalue weighted by Gasteiger charge is 2.35. The van der Waals surface area contributed by atoms with Gasteiger partial charge in [0.15, 0.2) is 0 Å². The van der Waals surface area contributed by atoms with Gasteiger partial charge in [0, 0.05) is 25.8 Å². The van der Waals surface area contributed by atoms with E-state index in [0.29, 0.717) is 50.5 Å². The number of hydrogen-bond acceptors (Lipinski definition) is 10. The Morgan fingerprint density at radius 2 is 1.09 bits per heavy atom. The van der Waals surface area contributed by atoms with Crippen LogP contribution in [0.15, 0.2) is 11.6 Å². The zero-order chi connectivity index (χ0) is 35.1. The minimum atomic E-state index is -1.64. The summed E-state index contributed by atoms with van der Waals surface area (Å²) in [5.74, 6) is -2.69. The Bertz CT molecular complexity index is 860. The number of rotatable bonds is 30. The first-order chi connectivity index (χ1) is 22.3. The maximum atomic E-state index is 11.9. The van der Waals surface area contributed by atoms with Crippen LogP contribution < -0.4 is 0 Å². The fraction of sp³-hybridized carbons (Fsp3) is 0.892. The number of esters is 2. The van der Waals surface area contributed by atoms with Gasteiger partial charge in [-0.15, -0.1) is 0 Å². The van der Waals surface area contributed by atoms with E-state index in [9.17, 15) is 40.2 Å². The quantitative estimate of drug-likeness (QED) is 0.0398. The molecule has 10 heteroatoms. The van der Waals surface area contributed by atoms with E-state index in [4.69, 9.17) is 9.47 Å². The largest absolute Gasteiger partial charge is 0.462 e. The minimum absolute atomic E-state index is 0.180. The summed E-state index contributed by atoms with van der Waals surface area (Å²) < 4.78 is 10.2. The summed E-state index contributed by atoms with van der Waals surface area (Å²) in [4.78, 5) is 23.4. The highest BCUT2D eigenvalue weighted by atomic mass is 16.7. The summed E-state index contributed by atoms with van der Waals surface area (Å²) in [6.07, 6.45) is 16.1. The fourth-order valence-electron chi connectivity index (χ4n) is 6.25. The maximum Gasteiger partial charge on any atom is 0.336 e. The van der Waals surface area contributed by atoms with E-state index in [1.54, 1.807) is 0 Å². The highest BCUT2D eigenvalue weighted by Crippen LogP contribution is 2.27. The SMILES string of the molecule is CCCCCCCCCCCC[C@@H](O)[C@H](O)CC[C@@H](O)[C@H](O)CCCC[C@H](O)CCCCC[C@H](CC1=CC(C)(O)OC1=O)OC(C)=O. The van der Waals surface area contributed by atoms with E-state index in [1.165, 1.54) is 64.9 Å². The first kappa shape index (κ1) is 43.5. The lowest BCUT2D eigenvalue weighted by atomic mass is 9.96. The molecule has 0 amide bonds. The molecule has 0 aliphatic carbocycles. The normalized spacial score (nSPS) is 20.3. The molecule has 276 valence electrons. The van der Waals surface area contributed by atoms with Gasteiger partial charge in [-0.3, -0.25) is 4.79 Å². The van der Waals surface area contributed by atoms with Crippen molar-refractivity contribution in [2.45, 2.75) is 211 Å². The van der Waals surface area contributed by atoms with Gasteiger partial charge in [0.1, 0.15) is 6.10 Å². The second kappa shape index (κ2) is 25.4. The van der Waals surface area contributed by atoms with Gasteiger partial charge >= 0.3 is 11.9 Å². The van der Waals surface area contributed by atoms with Crippen molar-refractivity contribution in [1.82, 2.24) is 0 Å². The molecule has 1 heterocycles. The van der Waals surface area contributed by atoms with Crippen molar-refractivity contribution in [1.29, 1.82) is 0 Å². The zero-order valence-corrected chi connectivity index (χ0v) is 29.6. The van der Waals surface area contributed by atoms with Crippen LogP contribution in [0.3, 0.4) is 0 Å². The Balaban J connectivity index is 2.10. The number of cyclic esters (lactones) is 1. The van der Waals surface area contributed by atoms with Crippen LogP contribution in [0, 0.1) is 0 Å². The molecule has 1 unspecified atom stereocenters. The van der Waals surface area contributed by atoms with Gasteiger partial charge in [0.25, 0.3) is 0 Å². The number of carbonyl (C=O) groups is 2. The molecule has 0 aromatic rings. The molecule has 0 bridgehead atoms. The molecule has 0 aromatic heterocycles. The monoisotopic (exact) mass is 672 g/mol. The fourth-order valence-corrected chi connectivity index (χ4v) is 6.25. The topological polar surface area (TPSA) is 174 Å². The second-order valence-corrected chi connectivity index (χ2v) is 13.9. The molecule has 0 saturated carbocycles. The van der Waals surface area contributed by atoms with Crippen LogP contribution in [0.5, 0.6) is 0 Å². The molecule has 7 atom stereocenters. The van der Waals surface area contributed by atoms with E-state index < -0.39 is 54.3 Å². The molecule has 0 radical (unpaired) electrons. The van der Waals surface area contributed by atoms with Gasteiger partial charge in [-0.2, -0.15) is 0 Å². The second-order valence-electron chi connectivity index (χ2n) is 13.9. The van der Waals surface area contributed by atoms with Crippen LogP contribution in [-0.2, 0) is 19.1 Å². The molecule has 0 fully saturated rings. The molecule has 0 spiro atoms. The van der Waals surface area contributed by atoms with Crippen LogP contribution >= 0.6 is 0 Å². The number of aliphatic hydroxyl groups excluding tert-OH is 5. The Hall–Kier alpha value is -1.56. The molecule has 1 aliphatic heterocycles. The molecule has 6 N–H and O–H groups in total. The number of carbonyl (C=O) groups excluding carboxylic acids is 2. The van der Waals surface area contributed by atoms with Gasteiger partial charge in [-0.25, -0.2) is 4.79 Å². The molecule has 0 saturated heterocycles. The Labute approximate surface area is 283 Å². The van der Waals surface area contributed by atoms with Crippen LogP contribution in [0.1, 0.15) is 168 Å². The van der Waals surface area contributed by atoms with Crippen molar-refractivity contribution in [2.24, 2.45) is 0 Å². The molecule has 47 heavy (non-hydrogen) atoms. The third-order valence-electron chi connectivity index (χ3n) is 9.13. The summed E-state index contributed by atoms with van der Waals surface area (Å²) in [5.41, 5.74) is 0.292. The Morgan fingerprint density at radius 1 is 0.681 bits per heavy atom. The van der Waals surface area contributed by atoms with Crippen molar-refractivity contribution in [3.05, 3.63) is 11.6 Å². The molecule has 1 aliphatic rings. The van der Waals surface area contributed by atoms with Crippen molar-refractivity contribution < 1.29 is 49.7 Å². The molecule has 0 aromatic carbocycles. The predicted octanol–water partition coefficient (Wildman–Crippen LogP) is 5.91. The van der Waals surface area contributed by atoms with E-state index in [0.717, 1.165) is 38.5 Å². The Kier molecular flexibility index (Phi) is 23.5. The van der Waals surface area contributed by atoms with Gasteiger partial charge < -0.3 is 40.1 Å². The van der Waals surface area contributed by atoms with Crippen molar-refractivity contribution in [2.75, 3.05) is 0 Å². The third kappa shape index (κ3) is 21.9. The highest BCUT2D eigenvalue weighted by molar-refractivity contribution is 5.91. The van der Waals surface area contributed by atoms with Crippen LogP contribution in [0.2, 0.25) is 0 Å². The third-order valence-corrected chi connectivity index (χ3v) is 9.13. The smallest absolute Gasteiger partial charge is 0.336 e. The lowest BCUT2D eigenvalue weighted by molar-refractivity contribution is -0.173. The Morgan fingerprint density at radius 3 is 1.57 bits per heavy atom. The first-order valence-electron chi connectivity index (χ1n) is 18.6. The summed E-state index contributed by atoms with van der Waals surface area (Å²) in [6, 6.07) is 0. The van der Waals surface area contributed by atoms with Gasteiger partial charge in [0.05, 0.1) is 30.5 Å². The summed E-state index contributed by atoms with van der Waals surface area (Å²) in [5, 5.41) is 61.5. The summed E-state index contributed by atoms with van der Waals surface area (Å²) in [7, 11) is 0. The van der Waals surface area contributed by atoms with E-state index in [-0.39, 0.29) is 19.3 Å². The summed E-state index contributed by atoms with van der Waals surface area (Å²) >= 11 is 0. The standard InChI is InChI=1S/C37H68O10/c1-4-5-6-7-8-9-10-11-12-16-22-32(40)34(42)24-25-35(43)33(41)23-18-17-20-30(39)19-14-13-15-21-31(46-28(2)38)26-29-27-37(3,45)47-36(29)44/h27,30-35,39-43,45H,4-26H2,1-3H3/t30-,31-,32-,33-,34-,35-,37?/m1/s1. The predicted molar refractivity (Wildman–Crippen MR) is 182 cm³/mol. The van der Waals surface area contributed by atoms with Crippen molar-refractivity contribution in [3.8, 4) is 0 Å². The molecule has 10 nitrogen and oxygen atoms in total. The number of hydrogen-bond donors (Lipinski definition) is 6. The lowest BCUT2D eigenvalue weighted by Gasteiger charge is -2.22. The van der Waals surface area contributed by atoms with Gasteiger partial charge in [-0.05, 0) is 57.4 Å². The summed E-state index contributed by atoms with van der Waals surface area (Å²) in [6.45, 7) is 4.91. The average Bonchev–Trinajstić information content (AvgIpc) is 3.27. The minimum Gasteiger partial charge on any atom is -0.462 e. The zero-order valence-electron chi connectivity index (χ0n) is 29.6. The van der Waals surface area contributed by atoms with Gasteiger partial charge in [-0.1, -0.05) is 96.8 Å². The van der Waals surface area contributed by atoms with E-state index in [1.807, 2.05) is 0 Å². The maximum absolute atomic E-state index is 11.9. The number of aliphatic hydroxyl groups is 6. The lowest BCUT2D eigenvalue weighted by Crippen LogP contribution is -2.31. The van der Waals surface area contributed by atoms with Crippen LogP contribution in [0.4, 0.5) is 0 Å². The van der Waals surface area contributed by atoms with Crippen molar-refractivity contribution >= 4 is 11.9 Å². The molecular weight excluding hydrogens is 604 g/mol. The molecule has 1 rings (SSSR count). The van der Waals surface area contributed by atoms with Crippen molar-refractivity contribution in [3.63, 3.8) is 0 Å². The van der Waals surface area contributed by atoms with Crippen LogP contribution in [-0.4, -0.2) is 85.0 Å². The molecular formula is C37H68O10. The first-order valence-corrected chi connectivity index (χ1v) is 18.6. The van der Waals surface area contributed by atoms with Gasteiger partial charge in [0.2, 0.25) is 5.79 Å².